The van der Waals surface area contributed by atoms with Crippen molar-refractivity contribution in [3.63, 3.8) is 0 Å². The van der Waals surface area contributed by atoms with Crippen molar-refractivity contribution in [2.45, 2.75) is 33.8 Å². The number of nitrogens with zero attached hydrogens (tertiary/aromatic N) is 1. The van der Waals surface area contributed by atoms with Gasteiger partial charge in [-0.2, -0.15) is 0 Å². The van der Waals surface area contributed by atoms with E-state index in [1.54, 1.807) is 6.92 Å². The molecule has 0 heterocycles. The summed E-state index contributed by atoms with van der Waals surface area (Å²) in [7, 11) is 0. The van der Waals surface area contributed by atoms with E-state index in [0.29, 0.717) is 12.1 Å². The largest absolute Gasteiger partial charge is 0.847 e. The average Bonchev–Trinajstić information content (AvgIpc) is 2.33. The second-order valence-electron chi connectivity index (χ2n) is 4.59. The van der Waals surface area contributed by atoms with E-state index in [9.17, 15) is 9.90 Å². The Morgan fingerprint density at radius 3 is 2.12 bits per heavy atom. The molecule has 0 aliphatic heterocycles. The zero-order chi connectivity index (χ0) is 13.5. The molecule has 1 N–H and O–H groups in total. The highest BCUT2D eigenvalue weighted by Gasteiger charge is 2.21. The molecule has 0 saturated carbocycles. The number of likely N-dealkylation sites (N-methyl/N-ethyl adjacent to an activating group) is 1. The molecule has 4 heteroatoms. The third-order valence-electron chi connectivity index (χ3n) is 3.48. The molecule has 0 aromatic rings. The number of hydrogen-bond acceptors (Lipinski definition) is 2. The smallest absolute Gasteiger partial charge is 0.246 e. The van der Waals surface area contributed by atoms with Crippen LogP contribution in [0.25, 0.3) is 0 Å². The number of nitrogens with one attached hydrogen (secondary N) is 1. The van der Waals surface area contributed by atoms with Crippen LogP contribution in [0, 0.1) is 0 Å². The third kappa shape index (κ3) is 5.33. The third-order valence-corrected chi connectivity index (χ3v) is 3.48. The minimum Gasteiger partial charge on any atom is -0.847 e. The topological polar surface area (TPSA) is 52.2 Å². The standard InChI is InChI=1S/C13H26N2O2/c1-6-15(7-2,8-3)10-12(16)9-14-13(17)11(4)5/h12H,4,6-10H2,1-3,5H3,(H,14,17). The van der Waals surface area contributed by atoms with E-state index in [4.69, 9.17) is 0 Å². The van der Waals surface area contributed by atoms with Gasteiger partial charge in [0.05, 0.1) is 26.2 Å². The van der Waals surface area contributed by atoms with Gasteiger partial charge in [-0.15, -0.1) is 0 Å². The molecule has 0 rings (SSSR count). The molecule has 0 radical (unpaired) electrons. The zero-order valence-electron chi connectivity index (χ0n) is 11.6. The number of amides is 1. The molecular formula is C13H26N2O2. The molecule has 0 spiro atoms. The first-order valence-electron chi connectivity index (χ1n) is 6.35. The Bertz CT molecular complexity index is 252. The molecule has 0 aliphatic rings. The summed E-state index contributed by atoms with van der Waals surface area (Å²) in [6, 6.07) is 0. The number of quaternary nitrogens is 1. The van der Waals surface area contributed by atoms with Gasteiger partial charge in [-0.25, -0.2) is 0 Å². The molecule has 0 saturated heterocycles. The average molecular weight is 242 g/mol. The molecule has 0 fully saturated rings. The Labute approximate surface area is 105 Å². The minimum absolute atomic E-state index is 0.186. The second-order valence-corrected chi connectivity index (χ2v) is 4.59. The van der Waals surface area contributed by atoms with Crippen molar-refractivity contribution in [2.24, 2.45) is 0 Å². The van der Waals surface area contributed by atoms with E-state index in [2.05, 4.69) is 32.7 Å². The molecule has 100 valence electrons. The summed E-state index contributed by atoms with van der Waals surface area (Å²) < 4.78 is 0.817. The highest BCUT2D eigenvalue weighted by Crippen LogP contribution is 2.06. The lowest BCUT2D eigenvalue weighted by Gasteiger charge is -2.40. The maximum absolute atomic E-state index is 11.9. The van der Waals surface area contributed by atoms with Gasteiger partial charge in [0.2, 0.25) is 5.91 Å². The summed E-state index contributed by atoms with van der Waals surface area (Å²) >= 11 is 0. The summed E-state index contributed by atoms with van der Waals surface area (Å²) in [6.07, 6.45) is -0.752. The van der Waals surface area contributed by atoms with Crippen LogP contribution in [0.15, 0.2) is 12.2 Å². The SMILES string of the molecule is C=C(C)C(=O)NCC([O-])C[N+](CC)(CC)CC. The minimum atomic E-state index is -0.752. The maximum atomic E-state index is 11.9. The Morgan fingerprint density at radius 2 is 1.76 bits per heavy atom. The Kier molecular flexibility index (Phi) is 7.07. The second kappa shape index (κ2) is 7.45. The molecule has 17 heavy (non-hydrogen) atoms. The highest BCUT2D eigenvalue weighted by atomic mass is 16.3. The van der Waals surface area contributed by atoms with Gasteiger partial charge in [0.1, 0.15) is 0 Å². The van der Waals surface area contributed by atoms with Crippen LogP contribution in [0.4, 0.5) is 0 Å². The summed E-state index contributed by atoms with van der Waals surface area (Å²) in [4.78, 5) is 11.3. The van der Waals surface area contributed by atoms with Crippen molar-refractivity contribution < 1.29 is 14.4 Å². The number of carbonyl (C=O) groups excluding carboxylic acids is 1. The molecule has 1 atom stereocenters. The fourth-order valence-electron chi connectivity index (χ4n) is 1.91. The van der Waals surface area contributed by atoms with E-state index < -0.39 is 6.10 Å². The lowest BCUT2D eigenvalue weighted by Crippen LogP contribution is -2.57. The van der Waals surface area contributed by atoms with Crippen LogP contribution < -0.4 is 10.4 Å². The molecule has 1 amide bonds. The van der Waals surface area contributed by atoms with Gasteiger partial charge in [0, 0.05) is 12.1 Å². The van der Waals surface area contributed by atoms with E-state index >= 15 is 0 Å². The summed E-state index contributed by atoms with van der Waals surface area (Å²) in [5.41, 5.74) is 0.444. The molecule has 4 nitrogen and oxygen atoms in total. The molecular weight excluding hydrogens is 216 g/mol. The molecule has 1 unspecified atom stereocenters. The van der Waals surface area contributed by atoms with E-state index in [-0.39, 0.29) is 12.5 Å². The monoisotopic (exact) mass is 242 g/mol. The van der Waals surface area contributed by atoms with Crippen molar-refractivity contribution in [1.29, 1.82) is 0 Å². The molecule has 0 aromatic heterocycles. The lowest BCUT2D eigenvalue weighted by molar-refractivity contribution is -0.931. The zero-order valence-corrected chi connectivity index (χ0v) is 11.6. The first-order chi connectivity index (χ1) is 7.90. The molecule has 0 aromatic carbocycles. The van der Waals surface area contributed by atoms with Crippen molar-refractivity contribution in [1.82, 2.24) is 5.32 Å². The van der Waals surface area contributed by atoms with E-state index in [1.807, 2.05) is 0 Å². The van der Waals surface area contributed by atoms with Gasteiger partial charge in [0.25, 0.3) is 0 Å². The van der Waals surface area contributed by atoms with Crippen molar-refractivity contribution >= 4 is 5.91 Å². The molecule has 0 bridgehead atoms. The normalized spacial score (nSPS) is 13.2. The first-order valence-corrected chi connectivity index (χ1v) is 6.35. The predicted molar refractivity (Wildman–Crippen MR) is 68.4 cm³/mol. The van der Waals surface area contributed by atoms with Gasteiger partial charge < -0.3 is 14.9 Å². The van der Waals surface area contributed by atoms with Gasteiger partial charge >= 0.3 is 0 Å². The Morgan fingerprint density at radius 1 is 1.29 bits per heavy atom. The van der Waals surface area contributed by atoms with Crippen LogP contribution in [-0.2, 0) is 4.79 Å². The van der Waals surface area contributed by atoms with Gasteiger partial charge in [0.15, 0.2) is 0 Å². The quantitative estimate of drug-likeness (QED) is 0.491. The summed E-state index contributed by atoms with van der Waals surface area (Å²) in [5.74, 6) is -0.228. The van der Waals surface area contributed by atoms with Crippen LogP contribution in [0.5, 0.6) is 0 Å². The Hall–Kier alpha value is -0.870. The van der Waals surface area contributed by atoms with Gasteiger partial charge in [-0.1, -0.05) is 12.7 Å². The summed E-state index contributed by atoms with van der Waals surface area (Å²) in [5, 5.41) is 14.5. The Balaban J connectivity index is 4.20. The number of hydrogen-bond donors (Lipinski definition) is 1. The van der Waals surface area contributed by atoms with Crippen LogP contribution in [0.2, 0.25) is 0 Å². The van der Waals surface area contributed by atoms with Crippen LogP contribution in [-0.4, -0.2) is 49.2 Å². The maximum Gasteiger partial charge on any atom is 0.246 e. The van der Waals surface area contributed by atoms with E-state index in [1.165, 1.54) is 0 Å². The lowest BCUT2D eigenvalue weighted by atomic mass is 10.2. The van der Waals surface area contributed by atoms with Crippen molar-refractivity contribution in [3.8, 4) is 0 Å². The van der Waals surface area contributed by atoms with Crippen LogP contribution >= 0.6 is 0 Å². The van der Waals surface area contributed by atoms with Crippen molar-refractivity contribution in [2.75, 3.05) is 32.7 Å². The van der Waals surface area contributed by atoms with Crippen molar-refractivity contribution in [3.05, 3.63) is 12.2 Å². The van der Waals surface area contributed by atoms with Crippen LogP contribution in [0.1, 0.15) is 27.7 Å². The highest BCUT2D eigenvalue weighted by molar-refractivity contribution is 5.92. The van der Waals surface area contributed by atoms with Gasteiger partial charge in [-0.3, -0.25) is 4.79 Å². The first kappa shape index (κ1) is 16.1. The van der Waals surface area contributed by atoms with Gasteiger partial charge in [-0.05, 0) is 27.7 Å². The molecule has 0 aliphatic carbocycles. The fraction of sp³-hybridized carbons (Fsp3) is 0.769. The number of rotatable bonds is 8. The number of carbonyl (C=O) groups is 1. The fourth-order valence-corrected chi connectivity index (χ4v) is 1.91. The van der Waals surface area contributed by atoms with E-state index in [0.717, 1.165) is 24.1 Å². The summed E-state index contributed by atoms with van der Waals surface area (Å²) in [6.45, 7) is 15.1. The predicted octanol–water partition coefficient (Wildman–Crippen LogP) is 0.284. The van der Waals surface area contributed by atoms with Crippen LogP contribution in [0.3, 0.4) is 0 Å².